The van der Waals surface area contributed by atoms with Crippen LogP contribution in [-0.2, 0) is 6.54 Å². The molecule has 0 aliphatic rings. The molecule has 0 saturated carbocycles. The van der Waals surface area contributed by atoms with Gasteiger partial charge < -0.3 is 9.64 Å². The molecule has 2 heteroatoms. The quantitative estimate of drug-likeness (QED) is 0.680. The van der Waals surface area contributed by atoms with E-state index in [0.717, 1.165) is 25.3 Å². The van der Waals surface area contributed by atoms with Gasteiger partial charge in [0.25, 0.3) is 0 Å². The molecule has 0 fully saturated rings. The minimum absolute atomic E-state index is 0.792. The fourth-order valence-electron chi connectivity index (χ4n) is 1.42. The zero-order chi connectivity index (χ0) is 11.1. The van der Waals surface area contributed by atoms with Crippen molar-refractivity contribution >= 4 is 0 Å². The Bertz CT molecular complexity index is 341. The lowest BCUT2D eigenvalue weighted by atomic mass is 10.2. The van der Waals surface area contributed by atoms with Gasteiger partial charge in [-0.2, -0.15) is 0 Å². The molecular formula is C13H17NO. The summed E-state index contributed by atoms with van der Waals surface area (Å²) >= 11 is 0. The topological polar surface area (TPSA) is 12.5 Å². The first kappa shape index (κ1) is 11.6. The van der Waals surface area contributed by atoms with Crippen molar-refractivity contribution in [3.63, 3.8) is 0 Å². The van der Waals surface area contributed by atoms with E-state index in [1.807, 2.05) is 18.2 Å². The van der Waals surface area contributed by atoms with E-state index in [0.29, 0.717) is 0 Å². The van der Waals surface area contributed by atoms with Crippen LogP contribution in [0.15, 0.2) is 24.3 Å². The largest absolute Gasteiger partial charge is 0.497 e. The Kier molecular flexibility index (Phi) is 4.73. The van der Waals surface area contributed by atoms with Crippen LogP contribution >= 0.6 is 0 Å². The lowest BCUT2D eigenvalue weighted by molar-refractivity contribution is 0.334. The maximum absolute atomic E-state index is 5.22. The van der Waals surface area contributed by atoms with Crippen LogP contribution in [0.2, 0.25) is 0 Å². The minimum atomic E-state index is 0.792. The molecule has 0 heterocycles. The summed E-state index contributed by atoms with van der Waals surface area (Å²) in [7, 11) is 3.75. The highest BCUT2D eigenvalue weighted by Gasteiger charge is 2.00. The summed E-state index contributed by atoms with van der Waals surface area (Å²) < 4.78 is 5.17. The second kappa shape index (κ2) is 6.10. The van der Waals surface area contributed by atoms with Gasteiger partial charge in [0.15, 0.2) is 0 Å². The van der Waals surface area contributed by atoms with Crippen molar-refractivity contribution < 1.29 is 4.74 Å². The SMILES string of the molecule is C#CCCN(C)Cc1cccc(OC)c1. The van der Waals surface area contributed by atoms with Gasteiger partial charge in [0.05, 0.1) is 7.11 Å². The van der Waals surface area contributed by atoms with Crippen molar-refractivity contribution in [3.05, 3.63) is 29.8 Å². The number of ether oxygens (including phenoxy) is 1. The number of nitrogens with zero attached hydrogens (tertiary/aromatic N) is 1. The maximum atomic E-state index is 5.22. The molecule has 0 N–H and O–H groups in total. The Morgan fingerprint density at radius 2 is 2.27 bits per heavy atom. The van der Waals surface area contributed by atoms with Crippen molar-refractivity contribution in [1.29, 1.82) is 0 Å². The van der Waals surface area contributed by atoms with Gasteiger partial charge >= 0.3 is 0 Å². The van der Waals surface area contributed by atoms with Gasteiger partial charge in [0.1, 0.15) is 5.75 Å². The molecule has 80 valence electrons. The third-order valence-corrected chi connectivity index (χ3v) is 2.22. The number of benzene rings is 1. The van der Waals surface area contributed by atoms with Crippen LogP contribution in [-0.4, -0.2) is 25.6 Å². The Balaban J connectivity index is 2.52. The van der Waals surface area contributed by atoms with E-state index in [2.05, 4.69) is 23.9 Å². The summed E-state index contributed by atoms with van der Waals surface area (Å²) in [5.41, 5.74) is 1.24. The van der Waals surface area contributed by atoms with Crippen LogP contribution in [0.5, 0.6) is 5.75 Å². The average Bonchev–Trinajstić information content (AvgIpc) is 2.26. The van der Waals surface area contributed by atoms with Crippen LogP contribution < -0.4 is 4.74 Å². The summed E-state index contributed by atoms with van der Waals surface area (Å²) in [6, 6.07) is 8.09. The Morgan fingerprint density at radius 1 is 1.47 bits per heavy atom. The molecule has 0 radical (unpaired) electrons. The predicted molar refractivity (Wildman–Crippen MR) is 62.8 cm³/mol. The smallest absolute Gasteiger partial charge is 0.119 e. The fourth-order valence-corrected chi connectivity index (χ4v) is 1.42. The van der Waals surface area contributed by atoms with Gasteiger partial charge in [0.2, 0.25) is 0 Å². The van der Waals surface area contributed by atoms with Gasteiger partial charge in [-0.1, -0.05) is 12.1 Å². The monoisotopic (exact) mass is 203 g/mol. The molecule has 0 spiro atoms. The van der Waals surface area contributed by atoms with Crippen molar-refractivity contribution in [2.24, 2.45) is 0 Å². The van der Waals surface area contributed by atoms with Crippen LogP contribution in [0, 0.1) is 12.3 Å². The Hall–Kier alpha value is -1.46. The zero-order valence-electron chi connectivity index (χ0n) is 9.36. The second-order valence-electron chi connectivity index (χ2n) is 3.54. The fraction of sp³-hybridized carbons (Fsp3) is 0.385. The third kappa shape index (κ3) is 4.05. The van der Waals surface area contributed by atoms with E-state index in [9.17, 15) is 0 Å². The Labute approximate surface area is 91.9 Å². The summed E-state index contributed by atoms with van der Waals surface area (Å²) in [5.74, 6) is 3.54. The first-order valence-electron chi connectivity index (χ1n) is 5.01. The van der Waals surface area contributed by atoms with Crippen LogP contribution in [0.1, 0.15) is 12.0 Å². The first-order chi connectivity index (χ1) is 7.26. The normalized spacial score (nSPS) is 10.0. The number of methoxy groups -OCH3 is 1. The van der Waals surface area contributed by atoms with E-state index >= 15 is 0 Å². The molecule has 1 aromatic carbocycles. The number of hydrogen-bond donors (Lipinski definition) is 0. The standard InChI is InChI=1S/C13H17NO/c1-4-5-9-14(2)11-12-7-6-8-13(10-12)15-3/h1,6-8,10H,5,9,11H2,2-3H3. The number of hydrogen-bond acceptors (Lipinski definition) is 2. The summed E-state index contributed by atoms with van der Waals surface area (Å²) in [6.07, 6.45) is 6.01. The first-order valence-corrected chi connectivity index (χ1v) is 5.01. The van der Waals surface area contributed by atoms with E-state index in [-0.39, 0.29) is 0 Å². The molecule has 15 heavy (non-hydrogen) atoms. The van der Waals surface area contributed by atoms with E-state index in [1.165, 1.54) is 5.56 Å². The van der Waals surface area contributed by atoms with E-state index in [4.69, 9.17) is 11.2 Å². The van der Waals surface area contributed by atoms with Gasteiger partial charge in [-0.15, -0.1) is 12.3 Å². The molecule has 2 nitrogen and oxygen atoms in total. The van der Waals surface area contributed by atoms with Crippen LogP contribution in [0.4, 0.5) is 0 Å². The molecule has 0 aliphatic heterocycles. The van der Waals surface area contributed by atoms with Crippen molar-refractivity contribution in [2.45, 2.75) is 13.0 Å². The molecule has 0 unspecified atom stereocenters. The number of rotatable bonds is 5. The van der Waals surface area contributed by atoms with Gasteiger partial charge in [-0.3, -0.25) is 0 Å². The Morgan fingerprint density at radius 3 is 2.93 bits per heavy atom. The van der Waals surface area contributed by atoms with Crippen molar-refractivity contribution in [2.75, 3.05) is 20.7 Å². The van der Waals surface area contributed by atoms with Crippen molar-refractivity contribution in [3.8, 4) is 18.1 Å². The third-order valence-electron chi connectivity index (χ3n) is 2.22. The highest BCUT2D eigenvalue weighted by atomic mass is 16.5. The molecule has 0 amide bonds. The van der Waals surface area contributed by atoms with E-state index in [1.54, 1.807) is 7.11 Å². The summed E-state index contributed by atoms with van der Waals surface area (Å²) in [5, 5.41) is 0. The predicted octanol–water partition coefficient (Wildman–Crippen LogP) is 2.15. The van der Waals surface area contributed by atoms with Crippen LogP contribution in [0.25, 0.3) is 0 Å². The lowest BCUT2D eigenvalue weighted by Gasteiger charge is -2.15. The van der Waals surface area contributed by atoms with Crippen molar-refractivity contribution in [1.82, 2.24) is 4.90 Å². The molecule has 0 atom stereocenters. The zero-order valence-corrected chi connectivity index (χ0v) is 9.36. The van der Waals surface area contributed by atoms with Crippen LogP contribution in [0.3, 0.4) is 0 Å². The molecule has 1 aromatic rings. The molecule has 0 bridgehead atoms. The lowest BCUT2D eigenvalue weighted by Crippen LogP contribution is -2.18. The molecule has 0 saturated heterocycles. The highest BCUT2D eigenvalue weighted by molar-refractivity contribution is 5.28. The second-order valence-corrected chi connectivity index (χ2v) is 3.54. The average molecular weight is 203 g/mol. The van der Waals surface area contributed by atoms with Gasteiger partial charge in [0, 0.05) is 19.5 Å². The molecule has 0 aliphatic carbocycles. The van der Waals surface area contributed by atoms with E-state index < -0.39 is 0 Å². The molecule has 1 rings (SSSR count). The summed E-state index contributed by atoms with van der Waals surface area (Å²) in [4.78, 5) is 2.20. The molecule has 0 aromatic heterocycles. The maximum Gasteiger partial charge on any atom is 0.119 e. The highest BCUT2D eigenvalue weighted by Crippen LogP contribution is 2.13. The molecular weight excluding hydrogens is 186 g/mol. The van der Waals surface area contributed by atoms with Gasteiger partial charge in [-0.25, -0.2) is 0 Å². The minimum Gasteiger partial charge on any atom is -0.497 e. The summed E-state index contributed by atoms with van der Waals surface area (Å²) in [6.45, 7) is 1.83. The number of terminal acetylenes is 1. The van der Waals surface area contributed by atoms with Gasteiger partial charge in [-0.05, 0) is 24.7 Å².